The van der Waals surface area contributed by atoms with Crippen LogP contribution in [0.1, 0.15) is 17.9 Å². The van der Waals surface area contributed by atoms with E-state index in [0.29, 0.717) is 13.0 Å². The van der Waals surface area contributed by atoms with Crippen LogP contribution in [-0.2, 0) is 14.3 Å². The van der Waals surface area contributed by atoms with Gasteiger partial charge in [-0.05, 0) is 18.1 Å². The van der Waals surface area contributed by atoms with E-state index >= 15 is 0 Å². The Hall–Kier alpha value is -2.08. The first-order valence-corrected chi connectivity index (χ1v) is 6.48. The first-order chi connectivity index (χ1) is 9.63. The molecule has 6 nitrogen and oxygen atoms in total. The highest BCUT2D eigenvalue weighted by Gasteiger charge is 2.29. The number of carbonyl (C=O) groups is 2. The number of anilines is 1. The van der Waals surface area contributed by atoms with E-state index < -0.39 is 12.0 Å². The third kappa shape index (κ3) is 3.08. The lowest BCUT2D eigenvalue weighted by Crippen LogP contribution is -2.46. The molecule has 1 aromatic carbocycles. The van der Waals surface area contributed by atoms with Crippen molar-refractivity contribution in [2.75, 3.05) is 25.6 Å². The van der Waals surface area contributed by atoms with Crippen LogP contribution in [0.2, 0.25) is 0 Å². The summed E-state index contributed by atoms with van der Waals surface area (Å²) in [4.78, 5) is 23.3. The standard InChI is InChI=1S/C14H18N2O4/c1-20-8-12(14(18)19)16-13(17)10-6-7-15-11-5-3-2-4-9(10)11/h2-5,10,12,15H,6-8H2,1H3,(H,16,17)(H,18,19). The second-order valence-corrected chi connectivity index (χ2v) is 4.71. The lowest BCUT2D eigenvalue weighted by atomic mass is 9.90. The van der Waals surface area contributed by atoms with Gasteiger partial charge in [0.15, 0.2) is 6.04 Å². The minimum absolute atomic E-state index is 0.0479. The van der Waals surface area contributed by atoms with Crippen molar-refractivity contribution in [3.63, 3.8) is 0 Å². The molecule has 0 saturated heterocycles. The summed E-state index contributed by atoms with van der Waals surface area (Å²) in [7, 11) is 1.40. The maximum absolute atomic E-state index is 12.3. The van der Waals surface area contributed by atoms with Gasteiger partial charge in [0.1, 0.15) is 0 Å². The minimum atomic E-state index is -1.09. The predicted molar refractivity (Wildman–Crippen MR) is 73.7 cm³/mol. The van der Waals surface area contributed by atoms with Crippen LogP contribution in [-0.4, -0.2) is 43.3 Å². The maximum atomic E-state index is 12.3. The summed E-state index contributed by atoms with van der Waals surface area (Å²) in [6.07, 6.45) is 0.641. The number of hydrogen-bond donors (Lipinski definition) is 3. The Bertz CT molecular complexity index is 504. The Morgan fingerprint density at radius 3 is 2.95 bits per heavy atom. The SMILES string of the molecule is COCC(NC(=O)C1CCNc2ccccc21)C(=O)O. The molecular formula is C14H18N2O4. The Morgan fingerprint density at radius 1 is 1.50 bits per heavy atom. The Labute approximate surface area is 117 Å². The molecule has 1 heterocycles. The summed E-state index contributed by atoms with van der Waals surface area (Å²) >= 11 is 0. The second-order valence-electron chi connectivity index (χ2n) is 4.71. The zero-order chi connectivity index (χ0) is 14.5. The van der Waals surface area contributed by atoms with E-state index in [9.17, 15) is 9.59 Å². The molecular weight excluding hydrogens is 260 g/mol. The number of hydrogen-bond acceptors (Lipinski definition) is 4. The number of aliphatic carboxylic acids is 1. The van der Waals surface area contributed by atoms with Gasteiger partial charge < -0.3 is 20.5 Å². The van der Waals surface area contributed by atoms with Crippen molar-refractivity contribution in [1.29, 1.82) is 0 Å². The van der Waals surface area contributed by atoms with E-state index in [0.717, 1.165) is 11.3 Å². The molecule has 108 valence electrons. The largest absolute Gasteiger partial charge is 0.480 e. The fourth-order valence-corrected chi connectivity index (χ4v) is 2.35. The summed E-state index contributed by atoms with van der Waals surface area (Å²) in [6, 6.07) is 6.55. The number of para-hydroxylation sites is 1. The van der Waals surface area contributed by atoms with Gasteiger partial charge in [-0.2, -0.15) is 0 Å². The van der Waals surface area contributed by atoms with Crippen molar-refractivity contribution in [3.8, 4) is 0 Å². The lowest BCUT2D eigenvalue weighted by molar-refractivity contribution is -0.143. The van der Waals surface area contributed by atoms with Gasteiger partial charge in [0.05, 0.1) is 12.5 Å². The molecule has 0 aliphatic carbocycles. The molecule has 1 amide bonds. The summed E-state index contributed by atoms with van der Waals surface area (Å²) in [6.45, 7) is 0.644. The fourth-order valence-electron chi connectivity index (χ4n) is 2.35. The number of fused-ring (bicyclic) bond motifs is 1. The topological polar surface area (TPSA) is 87.7 Å². The molecule has 0 bridgehead atoms. The van der Waals surface area contributed by atoms with Crippen LogP contribution >= 0.6 is 0 Å². The zero-order valence-electron chi connectivity index (χ0n) is 11.3. The first-order valence-electron chi connectivity index (χ1n) is 6.48. The van der Waals surface area contributed by atoms with Gasteiger partial charge in [0, 0.05) is 19.3 Å². The average Bonchev–Trinajstić information content (AvgIpc) is 2.46. The predicted octanol–water partition coefficient (Wildman–Crippen LogP) is 0.802. The monoisotopic (exact) mass is 278 g/mol. The molecule has 0 radical (unpaired) electrons. The molecule has 0 saturated carbocycles. The van der Waals surface area contributed by atoms with Crippen LogP contribution < -0.4 is 10.6 Å². The number of carbonyl (C=O) groups excluding carboxylic acids is 1. The lowest BCUT2D eigenvalue weighted by Gasteiger charge is -2.27. The van der Waals surface area contributed by atoms with Crippen LogP contribution in [0.25, 0.3) is 0 Å². The fraction of sp³-hybridized carbons (Fsp3) is 0.429. The second kappa shape index (κ2) is 6.38. The highest BCUT2D eigenvalue weighted by molar-refractivity contribution is 5.89. The summed E-state index contributed by atoms with van der Waals surface area (Å²) < 4.78 is 4.82. The van der Waals surface area contributed by atoms with Crippen LogP contribution in [0.15, 0.2) is 24.3 Å². The smallest absolute Gasteiger partial charge is 0.328 e. The number of nitrogens with one attached hydrogen (secondary N) is 2. The van der Waals surface area contributed by atoms with E-state index in [-0.39, 0.29) is 18.4 Å². The van der Waals surface area contributed by atoms with E-state index in [1.807, 2.05) is 24.3 Å². The zero-order valence-corrected chi connectivity index (χ0v) is 11.3. The Balaban J connectivity index is 2.12. The quantitative estimate of drug-likeness (QED) is 0.741. The van der Waals surface area contributed by atoms with E-state index in [2.05, 4.69) is 10.6 Å². The van der Waals surface area contributed by atoms with E-state index in [1.165, 1.54) is 7.11 Å². The average molecular weight is 278 g/mol. The van der Waals surface area contributed by atoms with Crippen molar-refractivity contribution >= 4 is 17.6 Å². The molecule has 6 heteroatoms. The molecule has 2 atom stereocenters. The number of amides is 1. The third-order valence-corrected chi connectivity index (χ3v) is 3.35. The van der Waals surface area contributed by atoms with Gasteiger partial charge in [-0.3, -0.25) is 4.79 Å². The van der Waals surface area contributed by atoms with Gasteiger partial charge in [0.2, 0.25) is 5.91 Å². The Kier molecular flexibility index (Phi) is 4.57. The number of benzene rings is 1. The molecule has 3 N–H and O–H groups in total. The number of ether oxygens (including phenoxy) is 1. The Morgan fingerprint density at radius 2 is 2.25 bits per heavy atom. The number of methoxy groups -OCH3 is 1. The minimum Gasteiger partial charge on any atom is -0.480 e. The van der Waals surface area contributed by atoms with Gasteiger partial charge >= 0.3 is 5.97 Å². The summed E-state index contributed by atoms with van der Waals surface area (Å²) in [5, 5.41) is 14.8. The normalized spacial score (nSPS) is 18.6. The third-order valence-electron chi connectivity index (χ3n) is 3.35. The van der Waals surface area contributed by atoms with Crippen molar-refractivity contribution in [3.05, 3.63) is 29.8 Å². The number of rotatable bonds is 5. The molecule has 0 fully saturated rings. The van der Waals surface area contributed by atoms with Crippen molar-refractivity contribution in [2.45, 2.75) is 18.4 Å². The molecule has 1 aliphatic heterocycles. The molecule has 0 aromatic heterocycles. The molecule has 20 heavy (non-hydrogen) atoms. The van der Waals surface area contributed by atoms with Crippen LogP contribution in [0.5, 0.6) is 0 Å². The molecule has 2 rings (SSSR count). The number of carboxylic acid groups (broad SMARTS) is 1. The molecule has 0 spiro atoms. The van der Waals surface area contributed by atoms with E-state index in [4.69, 9.17) is 9.84 Å². The van der Waals surface area contributed by atoms with Crippen molar-refractivity contribution in [1.82, 2.24) is 5.32 Å². The van der Waals surface area contributed by atoms with Crippen LogP contribution in [0.3, 0.4) is 0 Å². The molecule has 2 unspecified atom stereocenters. The van der Waals surface area contributed by atoms with Crippen molar-refractivity contribution < 1.29 is 19.4 Å². The van der Waals surface area contributed by atoms with E-state index in [1.54, 1.807) is 0 Å². The highest BCUT2D eigenvalue weighted by Crippen LogP contribution is 2.31. The number of carboxylic acids is 1. The van der Waals surface area contributed by atoms with Crippen LogP contribution in [0, 0.1) is 0 Å². The molecule has 1 aliphatic rings. The molecule has 1 aromatic rings. The van der Waals surface area contributed by atoms with Gasteiger partial charge in [-0.15, -0.1) is 0 Å². The van der Waals surface area contributed by atoms with Crippen molar-refractivity contribution in [2.24, 2.45) is 0 Å². The maximum Gasteiger partial charge on any atom is 0.328 e. The van der Waals surface area contributed by atoms with Gasteiger partial charge in [-0.25, -0.2) is 4.79 Å². The first kappa shape index (κ1) is 14.3. The van der Waals surface area contributed by atoms with Crippen LogP contribution in [0.4, 0.5) is 5.69 Å². The summed E-state index contributed by atoms with van der Waals surface area (Å²) in [5.41, 5.74) is 1.83. The van der Waals surface area contributed by atoms with Gasteiger partial charge in [0.25, 0.3) is 0 Å². The summed E-state index contributed by atoms with van der Waals surface area (Å²) in [5.74, 6) is -1.70. The van der Waals surface area contributed by atoms with Gasteiger partial charge in [-0.1, -0.05) is 18.2 Å². The highest BCUT2D eigenvalue weighted by atomic mass is 16.5.